The fourth-order valence-electron chi connectivity index (χ4n) is 2.52. The standard InChI is InChI=1S/C15H21N3O2/c1-3-17(4-2)15(20)18-11-10-16-14(19)13(18)12-8-6-5-7-9-12/h5-9,13H,3-4,10-11H2,1-2H3,(H,16,19). The minimum atomic E-state index is -0.530. The van der Waals surface area contributed by atoms with Gasteiger partial charge in [-0.25, -0.2) is 4.79 Å². The molecular weight excluding hydrogens is 254 g/mol. The Morgan fingerprint density at radius 1 is 1.30 bits per heavy atom. The average Bonchev–Trinajstić information content (AvgIpc) is 2.49. The molecule has 1 fully saturated rings. The van der Waals surface area contributed by atoms with E-state index < -0.39 is 6.04 Å². The molecule has 5 heteroatoms. The highest BCUT2D eigenvalue weighted by atomic mass is 16.2. The number of carbonyl (C=O) groups is 2. The maximum atomic E-state index is 12.6. The molecule has 2 rings (SSSR count). The number of carbonyl (C=O) groups excluding carboxylic acids is 2. The Bertz CT molecular complexity index is 471. The van der Waals surface area contributed by atoms with Crippen LogP contribution in [-0.2, 0) is 4.79 Å². The van der Waals surface area contributed by atoms with Crippen molar-refractivity contribution in [2.24, 2.45) is 0 Å². The topological polar surface area (TPSA) is 52.7 Å². The average molecular weight is 275 g/mol. The highest BCUT2D eigenvalue weighted by molar-refractivity contribution is 5.89. The Kier molecular flexibility index (Phi) is 4.61. The highest BCUT2D eigenvalue weighted by Gasteiger charge is 2.35. The summed E-state index contributed by atoms with van der Waals surface area (Å²) >= 11 is 0. The van der Waals surface area contributed by atoms with Gasteiger partial charge in [-0.1, -0.05) is 30.3 Å². The van der Waals surface area contributed by atoms with Crippen LogP contribution in [0.4, 0.5) is 4.79 Å². The molecule has 0 radical (unpaired) electrons. The van der Waals surface area contributed by atoms with Crippen LogP contribution in [0.15, 0.2) is 30.3 Å². The molecule has 20 heavy (non-hydrogen) atoms. The number of nitrogens with one attached hydrogen (secondary N) is 1. The molecule has 1 aliphatic heterocycles. The molecule has 1 aromatic rings. The third-order valence-electron chi connectivity index (χ3n) is 3.61. The second-order valence-corrected chi connectivity index (χ2v) is 4.75. The molecule has 0 saturated carbocycles. The summed E-state index contributed by atoms with van der Waals surface area (Å²) in [6, 6.07) is 8.85. The van der Waals surface area contributed by atoms with Crippen LogP contribution in [0, 0.1) is 0 Å². The van der Waals surface area contributed by atoms with Gasteiger partial charge in [0.05, 0.1) is 0 Å². The molecule has 0 aliphatic carbocycles. The first-order valence-electron chi connectivity index (χ1n) is 7.07. The van der Waals surface area contributed by atoms with Crippen LogP contribution in [0.3, 0.4) is 0 Å². The van der Waals surface area contributed by atoms with E-state index in [1.54, 1.807) is 9.80 Å². The highest BCUT2D eigenvalue weighted by Crippen LogP contribution is 2.24. The molecule has 1 atom stereocenters. The number of hydrogen-bond acceptors (Lipinski definition) is 2. The number of hydrogen-bond donors (Lipinski definition) is 1. The molecule has 0 bridgehead atoms. The van der Waals surface area contributed by atoms with Crippen molar-refractivity contribution >= 4 is 11.9 Å². The third kappa shape index (κ3) is 2.76. The van der Waals surface area contributed by atoms with Crippen LogP contribution in [0.1, 0.15) is 25.5 Å². The molecule has 1 aliphatic rings. The second kappa shape index (κ2) is 6.41. The molecule has 0 aromatic heterocycles. The summed E-state index contributed by atoms with van der Waals surface area (Å²) in [5.74, 6) is -0.108. The summed E-state index contributed by atoms with van der Waals surface area (Å²) in [5, 5.41) is 2.84. The van der Waals surface area contributed by atoms with Gasteiger partial charge in [-0.05, 0) is 19.4 Å². The Balaban J connectivity index is 2.29. The summed E-state index contributed by atoms with van der Waals surface area (Å²) in [5.41, 5.74) is 0.852. The van der Waals surface area contributed by atoms with Crippen LogP contribution in [-0.4, -0.2) is 47.9 Å². The fourth-order valence-corrected chi connectivity index (χ4v) is 2.52. The van der Waals surface area contributed by atoms with Crippen molar-refractivity contribution in [3.8, 4) is 0 Å². The quantitative estimate of drug-likeness (QED) is 0.911. The molecule has 1 saturated heterocycles. The number of piperazine rings is 1. The van der Waals surface area contributed by atoms with Gasteiger partial charge >= 0.3 is 6.03 Å². The van der Waals surface area contributed by atoms with E-state index in [1.807, 2.05) is 44.2 Å². The van der Waals surface area contributed by atoms with Crippen molar-refractivity contribution in [1.29, 1.82) is 0 Å². The van der Waals surface area contributed by atoms with Crippen molar-refractivity contribution in [2.45, 2.75) is 19.9 Å². The zero-order valence-corrected chi connectivity index (χ0v) is 12.0. The number of urea groups is 1. The Morgan fingerprint density at radius 2 is 1.95 bits per heavy atom. The summed E-state index contributed by atoms with van der Waals surface area (Å²) in [6.45, 7) is 6.24. The Morgan fingerprint density at radius 3 is 2.55 bits per heavy atom. The molecule has 1 heterocycles. The van der Waals surface area contributed by atoms with E-state index in [0.29, 0.717) is 26.2 Å². The van der Waals surface area contributed by atoms with Gasteiger partial charge in [0, 0.05) is 26.2 Å². The minimum absolute atomic E-state index is 0.0706. The molecular formula is C15H21N3O2. The van der Waals surface area contributed by atoms with Crippen molar-refractivity contribution in [3.63, 3.8) is 0 Å². The number of rotatable bonds is 3. The first kappa shape index (κ1) is 14.4. The van der Waals surface area contributed by atoms with Crippen LogP contribution in [0.5, 0.6) is 0 Å². The third-order valence-corrected chi connectivity index (χ3v) is 3.61. The van der Waals surface area contributed by atoms with Crippen molar-refractivity contribution in [1.82, 2.24) is 15.1 Å². The fraction of sp³-hybridized carbons (Fsp3) is 0.467. The zero-order valence-electron chi connectivity index (χ0n) is 12.0. The monoisotopic (exact) mass is 275 g/mol. The maximum Gasteiger partial charge on any atom is 0.321 e. The first-order chi connectivity index (χ1) is 9.69. The molecule has 5 nitrogen and oxygen atoms in total. The van der Waals surface area contributed by atoms with Gasteiger partial charge in [-0.3, -0.25) is 4.79 Å². The van der Waals surface area contributed by atoms with Gasteiger partial charge < -0.3 is 15.1 Å². The number of nitrogens with zero attached hydrogens (tertiary/aromatic N) is 2. The van der Waals surface area contributed by atoms with Crippen LogP contribution in [0.25, 0.3) is 0 Å². The lowest BCUT2D eigenvalue weighted by atomic mass is 10.0. The largest absolute Gasteiger partial charge is 0.352 e. The molecule has 1 unspecified atom stereocenters. The number of benzene rings is 1. The molecule has 3 amide bonds. The summed E-state index contributed by atoms with van der Waals surface area (Å²) in [4.78, 5) is 28.2. The van der Waals surface area contributed by atoms with E-state index in [1.165, 1.54) is 0 Å². The van der Waals surface area contributed by atoms with Gasteiger partial charge in [-0.15, -0.1) is 0 Å². The summed E-state index contributed by atoms with van der Waals surface area (Å²) < 4.78 is 0. The van der Waals surface area contributed by atoms with Crippen LogP contribution >= 0.6 is 0 Å². The van der Waals surface area contributed by atoms with Crippen molar-refractivity contribution < 1.29 is 9.59 Å². The normalized spacial score (nSPS) is 18.6. The Hall–Kier alpha value is -2.04. The van der Waals surface area contributed by atoms with Crippen molar-refractivity contribution in [3.05, 3.63) is 35.9 Å². The van der Waals surface area contributed by atoms with E-state index in [9.17, 15) is 9.59 Å². The second-order valence-electron chi connectivity index (χ2n) is 4.75. The van der Waals surface area contributed by atoms with E-state index in [4.69, 9.17) is 0 Å². The van der Waals surface area contributed by atoms with Gasteiger partial charge in [0.2, 0.25) is 5.91 Å². The van der Waals surface area contributed by atoms with Gasteiger partial charge in [0.15, 0.2) is 0 Å². The zero-order chi connectivity index (χ0) is 14.5. The van der Waals surface area contributed by atoms with Gasteiger partial charge in [0.25, 0.3) is 0 Å². The predicted molar refractivity (Wildman–Crippen MR) is 77.2 cm³/mol. The predicted octanol–water partition coefficient (Wildman–Crippen LogP) is 1.62. The molecule has 108 valence electrons. The van der Waals surface area contributed by atoms with E-state index >= 15 is 0 Å². The maximum absolute atomic E-state index is 12.6. The van der Waals surface area contributed by atoms with Crippen LogP contribution < -0.4 is 5.32 Å². The lowest BCUT2D eigenvalue weighted by Gasteiger charge is -2.38. The van der Waals surface area contributed by atoms with Crippen LogP contribution in [0.2, 0.25) is 0 Å². The molecule has 1 N–H and O–H groups in total. The van der Waals surface area contributed by atoms with E-state index in [2.05, 4.69) is 5.32 Å². The smallest absolute Gasteiger partial charge is 0.321 e. The molecule has 0 spiro atoms. The van der Waals surface area contributed by atoms with Crippen molar-refractivity contribution in [2.75, 3.05) is 26.2 Å². The summed E-state index contributed by atoms with van der Waals surface area (Å²) in [6.07, 6.45) is 0. The van der Waals surface area contributed by atoms with E-state index in [-0.39, 0.29) is 11.9 Å². The lowest BCUT2D eigenvalue weighted by Crippen LogP contribution is -2.55. The SMILES string of the molecule is CCN(CC)C(=O)N1CCNC(=O)C1c1ccccc1. The Labute approximate surface area is 119 Å². The number of amides is 3. The summed E-state index contributed by atoms with van der Waals surface area (Å²) in [7, 11) is 0. The lowest BCUT2D eigenvalue weighted by molar-refractivity contribution is -0.128. The molecule has 1 aromatic carbocycles. The van der Waals surface area contributed by atoms with Gasteiger partial charge in [-0.2, -0.15) is 0 Å². The van der Waals surface area contributed by atoms with Gasteiger partial charge in [0.1, 0.15) is 6.04 Å². The van der Waals surface area contributed by atoms with E-state index in [0.717, 1.165) is 5.56 Å². The minimum Gasteiger partial charge on any atom is -0.352 e. The first-order valence-corrected chi connectivity index (χ1v) is 7.07.